The Morgan fingerprint density at radius 1 is 1.00 bits per heavy atom. The van der Waals surface area contributed by atoms with E-state index in [2.05, 4.69) is 5.32 Å². The van der Waals surface area contributed by atoms with Crippen LogP contribution in [0.5, 0.6) is 0 Å². The highest BCUT2D eigenvalue weighted by molar-refractivity contribution is 7.86. The SMILES string of the molecule is Nc1ccc(Nc2ccc(S(=O)(=O)OCc3ccccc3)cc2[N+](=O)[O-])cc1. The van der Waals surface area contributed by atoms with Crippen LogP contribution in [0, 0.1) is 10.1 Å². The highest BCUT2D eigenvalue weighted by Crippen LogP contribution is 2.31. The first-order valence-corrected chi connectivity index (χ1v) is 9.60. The second-order valence-electron chi connectivity index (χ2n) is 5.88. The highest BCUT2D eigenvalue weighted by atomic mass is 32.2. The molecule has 3 aromatic rings. The summed E-state index contributed by atoms with van der Waals surface area (Å²) in [4.78, 5) is 10.5. The monoisotopic (exact) mass is 399 g/mol. The van der Waals surface area contributed by atoms with Crippen molar-refractivity contribution >= 4 is 32.9 Å². The van der Waals surface area contributed by atoms with Crippen LogP contribution in [-0.2, 0) is 20.9 Å². The maximum atomic E-state index is 12.4. The van der Waals surface area contributed by atoms with Gasteiger partial charge >= 0.3 is 0 Å². The fraction of sp³-hybridized carbons (Fsp3) is 0.0526. The fourth-order valence-corrected chi connectivity index (χ4v) is 3.35. The molecule has 0 aromatic heterocycles. The number of benzene rings is 3. The van der Waals surface area contributed by atoms with Crippen molar-refractivity contribution in [1.29, 1.82) is 0 Å². The number of nitrogens with zero attached hydrogens (tertiary/aromatic N) is 1. The van der Waals surface area contributed by atoms with E-state index in [9.17, 15) is 18.5 Å². The first kappa shape index (κ1) is 19.3. The van der Waals surface area contributed by atoms with Gasteiger partial charge in [-0.3, -0.25) is 14.3 Å². The van der Waals surface area contributed by atoms with Crippen LogP contribution >= 0.6 is 0 Å². The second kappa shape index (κ2) is 8.07. The van der Waals surface area contributed by atoms with E-state index in [1.165, 1.54) is 12.1 Å². The number of rotatable bonds is 7. The lowest BCUT2D eigenvalue weighted by molar-refractivity contribution is -0.384. The van der Waals surface area contributed by atoms with Gasteiger partial charge in [0.1, 0.15) is 10.6 Å². The minimum atomic E-state index is -4.16. The molecule has 0 heterocycles. The zero-order chi connectivity index (χ0) is 20.1. The second-order valence-corrected chi connectivity index (χ2v) is 7.50. The molecule has 0 fully saturated rings. The van der Waals surface area contributed by atoms with Crippen LogP contribution < -0.4 is 11.1 Å². The third-order valence-corrected chi connectivity index (χ3v) is 5.13. The molecule has 0 aliphatic carbocycles. The van der Waals surface area contributed by atoms with Gasteiger partial charge < -0.3 is 11.1 Å². The van der Waals surface area contributed by atoms with Crippen molar-refractivity contribution in [1.82, 2.24) is 0 Å². The molecule has 9 heteroatoms. The Hall–Kier alpha value is -3.43. The molecule has 3 rings (SSSR count). The number of hydrogen-bond donors (Lipinski definition) is 2. The standard InChI is InChI=1S/C19H17N3O5S/c20-15-6-8-16(9-7-15)21-18-11-10-17(12-19(18)22(23)24)28(25,26)27-13-14-4-2-1-3-5-14/h1-12,21H,13,20H2. The number of anilines is 3. The molecule has 0 saturated heterocycles. The molecule has 0 spiro atoms. The van der Waals surface area contributed by atoms with Crippen LogP contribution in [-0.4, -0.2) is 13.3 Å². The average Bonchev–Trinajstić information content (AvgIpc) is 2.69. The van der Waals surface area contributed by atoms with Gasteiger partial charge in [0.05, 0.1) is 11.5 Å². The maximum absolute atomic E-state index is 12.4. The van der Waals surface area contributed by atoms with Crippen molar-refractivity contribution in [2.45, 2.75) is 11.5 Å². The van der Waals surface area contributed by atoms with Gasteiger partial charge in [-0.05, 0) is 42.0 Å². The molecule has 144 valence electrons. The van der Waals surface area contributed by atoms with Gasteiger partial charge in [0.2, 0.25) is 0 Å². The highest BCUT2D eigenvalue weighted by Gasteiger charge is 2.22. The van der Waals surface area contributed by atoms with Crippen molar-refractivity contribution in [3.8, 4) is 0 Å². The van der Waals surface area contributed by atoms with E-state index >= 15 is 0 Å². The number of nitrogens with two attached hydrogens (primary N) is 1. The predicted molar refractivity (Wildman–Crippen MR) is 106 cm³/mol. The maximum Gasteiger partial charge on any atom is 0.297 e. The lowest BCUT2D eigenvalue weighted by Gasteiger charge is -2.10. The topological polar surface area (TPSA) is 125 Å². The summed E-state index contributed by atoms with van der Waals surface area (Å²) in [6, 6.07) is 18.9. The largest absolute Gasteiger partial charge is 0.399 e. The normalized spacial score (nSPS) is 11.1. The fourth-order valence-electron chi connectivity index (χ4n) is 2.43. The number of nitro benzene ring substituents is 1. The molecule has 3 N–H and O–H groups in total. The Balaban J connectivity index is 1.85. The molecule has 0 saturated carbocycles. The van der Waals surface area contributed by atoms with Crippen molar-refractivity contribution in [3.63, 3.8) is 0 Å². The van der Waals surface area contributed by atoms with Gasteiger partial charge in [-0.15, -0.1) is 0 Å². The molecular weight excluding hydrogens is 382 g/mol. The molecule has 0 bridgehead atoms. The Bertz CT molecular complexity index is 1080. The number of nitrogen functional groups attached to an aromatic ring is 1. The van der Waals surface area contributed by atoms with Gasteiger partial charge in [-0.2, -0.15) is 8.42 Å². The minimum Gasteiger partial charge on any atom is -0.399 e. The van der Waals surface area contributed by atoms with Gasteiger partial charge in [0.25, 0.3) is 15.8 Å². The predicted octanol–water partition coefficient (Wildman–Crippen LogP) is 3.83. The molecule has 0 aliphatic heterocycles. The van der Waals surface area contributed by atoms with E-state index in [0.717, 1.165) is 6.07 Å². The van der Waals surface area contributed by atoms with Gasteiger partial charge in [0.15, 0.2) is 0 Å². The Morgan fingerprint density at radius 2 is 1.68 bits per heavy atom. The first-order chi connectivity index (χ1) is 13.3. The summed E-state index contributed by atoms with van der Waals surface area (Å²) in [6.07, 6.45) is 0. The molecule has 3 aromatic carbocycles. The van der Waals surface area contributed by atoms with Crippen LogP contribution in [0.4, 0.5) is 22.7 Å². The van der Waals surface area contributed by atoms with E-state index in [-0.39, 0.29) is 22.9 Å². The number of nitrogens with one attached hydrogen (secondary N) is 1. The lowest BCUT2D eigenvalue weighted by atomic mass is 10.2. The Kier molecular flexibility index (Phi) is 5.57. The summed E-state index contributed by atoms with van der Waals surface area (Å²) in [7, 11) is -4.16. The molecule has 0 amide bonds. The molecule has 0 aliphatic rings. The zero-order valence-corrected chi connectivity index (χ0v) is 15.4. The third kappa shape index (κ3) is 4.64. The molecule has 8 nitrogen and oxygen atoms in total. The van der Waals surface area contributed by atoms with Crippen molar-refractivity contribution in [2.24, 2.45) is 0 Å². The van der Waals surface area contributed by atoms with E-state index in [1.807, 2.05) is 0 Å². The Morgan fingerprint density at radius 3 is 2.32 bits per heavy atom. The van der Waals surface area contributed by atoms with Crippen LogP contribution in [0.1, 0.15) is 5.56 Å². The van der Waals surface area contributed by atoms with E-state index in [1.54, 1.807) is 54.6 Å². The molecule has 28 heavy (non-hydrogen) atoms. The van der Waals surface area contributed by atoms with Gasteiger partial charge in [0, 0.05) is 17.4 Å². The van der Waals surface area contributed by atoms with Crippen molar-refractivity contribution in [2.75, 3.05) is 11.1 Å². The van der Waals surface area contributed by atoms with Gasteiger partial charge in [-0.25, -0.2) is 0 Å². The zero-order valence-electron chi connectivity index (χ0n) is 14.6. The van der Waals surface area contributed by atoms with Crippen LogP contribution in [0.3, 0.4) is 0 Å². The molecule has 0 unspecified atom stereocenters. The number of nitro groups is 1. The van der Waals surface area contributed by atoms with Crippen LogP contribution in [0.2, 0.25) is 0 Å². The van der Waals surface area contributed by atoms with Crippen molar-refractivity contribution in [3.05, 3.63) is 88.5 Å². The summed E-state index contributed by atoms with van der Waals surface area (Å²) >= 11 is 0. The summed E-state index contributed by atoms with van der Waals surface area (Å²) in [5.41, 5.74) is 7.18. The average molecular weight is 399 g/mol. The van der Waals surface area contributed by atoms with Crippen LogP contribution in [0.25, 0.3) is 0 Å². The summed E-state index contributed by atoms with van der Waals surface area (Å²) in [6.45, 7) is -0.164. The first-order valence-electron chi connectivity index (χ1n) is 8.19. The van der Waals surface area contributed by atoms with Crippen molar-refractivity contribution < 1.29 is 17.5 Å². The summed E-state index contributed by atoms with van der Waals surface area (Å²) < 4.78 is 29.8. The summed E-state index contributed by atoms with van der Waals surface area (Å²) in [5, 5.41) is 14.3. The molecule has 0 radical (unpaired) electrons. The van der Waals surface area contributed by atoms with E-state index in [0.29, 0.717) is 16.9 Å². The van der Waals surface area contributed by atoms with Crippen LogP contribution in [0.15, 0.2) is 77.7 Å². The smallest absolute Gasteiger partial charge is 0.297 e. The third-order valence-electron chi connectivity index (χ3n) is 3.87. The van der Waals surface area contributed by atoms with Gasteiger partial charge in [-0.1, -0.05) is 30.3 Å². The minimum absolute atomic E-state index is 0.150. The molecule has 0 atom stereocenters. The number of hydrogen-bond acceptors (Lipinski definition) is 7. The molecular formula is C19H17N3O5S. The summed E-state index contributed by atoms with van der Waals surface area (Å²) in [5.74, 6) is 0. The van der Waals surface area contributed by atoms with E-state index < -0.39 is 15.0 Å². The lowest BCUT2D eigenvalue weighted by Crippen LogP contribution is -2.08. The quantitative estimate of drug-likeness (QED) is 0.268. The van der Waals surface area contributed by atoms with E-state index in [4.69, 9.17) is 9.92 Å². The Labute approximate surface area is 161 Å².